The fraction of sp³-hybridized carbons (Fsp3) is 0.467. The second kappa shape index (κ2) is 8.47. The zero-order valence-corrected chi connectivity index (χ0v) is 13.0. The Balaban J connectivity index is 2.84. The number of hydrogen-bond donors (Lipinski definition) is 1. The first-order valence-corrected chi connectivity index (χ1v) is 7.02. The fourth-order valence-electron chi connectivity index (χ4n) is 1.90. The summed E-state index contributed by atoms with van der Waals surface area (Å²) >= 11 is 0. The van der Waals surface area contributed by atoms with Gasteiger partial charge in [-0.15, -0.1) is 0 Å². The van der Waals surface area contributed by atoms with E-state index in [9.17, 15) is 9.59 Å². The Bertz CT molecular complexity index is 474. The largest absolute Gasteiger partial charge is 0.429 e. The van der Waals surface area contributed by atoms with E-state index in [1.54, 1.807) is 44.2 Å². The number of nitrogens with zero attached hydrogens (tertiary/aromatic N) is 1. The first kappa shape index (κ1) is 18.1. The van der Waals surface area contributed by atoms with Crippen molar-refractivity contribution < 1.29 is 23.8 Å². The Labute approximate surface area is 129 Å². The summed E-state index contributed by atoms with van der Waals surface area (Å²) in [5.74, 6) is 4.17. The number of ether oxygens (including phenoxy) is 3. The summed E-state index contributed by atoms with van der Waals surface area (Å²) < 4.78 is 15.7. The SMILES string of the molecule is CCOC(C)(OCC)OC(=O)N(N)C(C=O)c1ccccc1. The van der Waals surface area contributed by atoms with Crippen molar-refractivity contribution >= 4 is 12.4 Å². The van der Waals surface area contributed by atoms with Crippen LogP contribution in [-0.2, 0) is 19.0 Å². The van der Waals surface area contributed by atoms with E-state index in [0.717, 1.165) is 0 Å². The summed E-state index contributed by atoms with van der Waals surface area (Å²) in [5, 5.41) is 0.707. The fourth-order valence-corrected chi connectivity index (χ4v) is 1.90. The van der Waals surface area contributed by atoms with Gasteiger partial charge in [-0.05, 0) is 19.4 Å². The Morgan fingerprint density at radius 2 is 1.82 bits per heavy atom. The maximum Gasteiger partial charge on any atom is 0.429 e. The molecule has 1 rings (SSSR count). The monoisotopic (exact) mass is 310 g/mol. The van der Waals surface area contributed by atoms with Gasteiger partial charge in [-0.25, -0.2) is 15.6 Å². The summed E-state index contributed by atoms with van der Waals surface area (Å²) in [4.78, 5) is 23.4. The molecule has 122 valence electrons. The average Bonchev–Trinajstić information content (AvgIpc) is 2.49. The highest BCUT2D eigenvalue weighted by atomic mass is 16.9. The van der Waals surface area contributed by atoms with Crippen molar-refractivity contribution in [2.75, 3.05) is 13.2 Å². The third-order valence-electron chi connectivity index (χ3n) is 2.87. The zero-order valence-electron chi connectivity index (χ0n) is 13.0. The topological polar surface area (TPSA) is 91.1 Å². The van der Waals surface area contributed by atoms with Gasteiger partial charge in [0, 0.05) is 6.92 Å². The van der Waals surface area contributed by atoms with E-state index in [2.05, 4.69) is 0 Å². The van der Waals surface area contributed by atoms with E-state index in [0.29, 0.717) is 16.9 Å². The maximum absolute atomic E-state index is 12.1. The van der Waals surface area contributed by atoms with Gasteiger partial charge in [0.25, 0.3) is 0 Å². The van der Waals surface area contributed by atoms with E-state index in [1.165, 1.54) is 6.92 Å². The van der Waals surface area contributed by atoms with Crippen LogP contribution in [-0.4, -0.2) is 36.6 Å². The Morgan fingerprint density at radius 3 is 2.27 bits per heavy atom. The molecule has 7 heteroatoms. The van der Waals surface area contributed by atoms with Crippen LogP contribution in [0.25, 0.3) is 0 Å². The van der Waals surface area contributed by atoms with Gasteiger partial charge < -0.3 is 19.0 Å². The molecule has 0 saturated carbocycles. The number of amides is 1. The standard InChI is InChI=1S/C15H22N2O5/c1-4-20-15(3,21-5-2)22-14(19)17(16)13(11-18)12-9-7-6-8-10-12/h6-11,13H,4-5,16H2,1-3H3. The molecule has 0 heterocycles. The van der Waals surface area contributed by atoms with E-state index in [-0.39, 0.29) is 13.2 Å². The van der Waals surface area contributed by atoms with Crippen molar-refractivity contribution in [3.63, 3.8) is 0 Å². The quantitative estimate of drug-likeness (QED) is 0.259. The van der Waals surface area contributed by atoms with Crippen LogP contribution in [0.4, 0.5) is 4.79 Å². The Hall–Kier alpha value is -1.96. The number of aldehydes is 1. The van der Waals surface area contributed by atoms with Crippen LogP contribution in [0.15, 0.2) is 30.3 Å². The average molecular weight is 310 g/mol. The summed E-state index contributed by atoms with van der Waals surface area (Å²) in [6.45, 7) is 5.51. The Kier molecular flexibility index (Phi) is 6.97. The highest BCUT2D eigenvalue weighted by Crippen LogP contribution is 2.20. The van der Waals surface area contributed by atoms with Crippen LogP contribution in [0.1, 0.15) is 32.4 Å². The number of benzene rings is 1. The van der Waals surface area contributed by atoms with E-state index in [4.69, 9.17) is 20.1 Å². The summed E-state index contributed by atoms with van der Waals surface area (Å²) in [5.41, 5.74) is 0.575. The van der Waals surface area contributed by atoms with Crippen molar-refractivity contribution in [2.24, 2.45) is 5.84 Å². The van der Waals surface area contributed by atoms with Crippen LogP contribution >= 0.6 is 0 Å². The van der Waals surface area contributed by atoms with Crippen LogP contribution in [0, 0.1) is 0 Å². The van der Waals surface area contributed by atoms with E-state index in [1.807, 2.05) is 0 Å². The molecular formula is C15H22N2O5. The highest BCUT2D eigenvalue weighted by molar-refractivity contribution is 5.74. The van der Waals surface area contributed by atoms with Crippen molar-refractivity contribution in [3.8, 4) is 0 Å². The Morgan fingerprint density at radius 1 is 1.27 bits per heavy atom. The predicted octanol–water partition coefficient (Wildman–Crippen LogP) is 1.99. The van der Waals surface area contributed by atoms with Gasteiger partial charge in [0.1, 0.15) is 12.3 Å². The lowest BCUT2D eigenvalue weighted by atomic mass is 10.1. The van der Waals surface area contributed by atoms with Crippen molar-refractivity contribution in [1.82, 2.24) is 5.01 Å². The molecule has 0 spiro atoms. The molecule has 0 radical (unpaired) electrons. The van der Waals surface area contributed by atoms with Gasteiger partial charge in [-0.1, -0.05) is 30.3 Å². The molecule has 0 aromatic heterocycles. The highest BCUT2D eigenvalue weighted by Gasteiger charge is 2.34. The molecular weight excluding hydrogens is 288 g/mol. The molecule has 1 aromatic carbocycles. The van der Waals surface area contributed by atoms with Gasteiger partial charge in [0.05, 0.1) is 13.2 Å². The van der Waals surface area contributed by atoms with Crippen LogP contribution in [0.5, 0.6) is 0 Å². The molecule has 1 amide bonds. The minimum Gasteiger partial charge on any atom is -0.390 e. The van der Waals surface area contributed by atoms with Crippen LogP contribution in [0.3, 0.4) is 0 Å². The van der Waals surface area contributed by atoms with Crippen LogP contribution in [0.2, 0.25) is 0 Å². The molecule has 0 saturated heterocycles. The van der Waals surface area contributed by atoms with Gasteiger partial charge in [-0.3, -0.25) is 0 Å². The second-order valence-corrected chi connectivity index (χ2v) is 4.50. The normalized spacial score (nSPS) is 12.5. The number of hydrazine groups is 1. The molecule has 1 atom stereocenters. The van der Waals surface area contributed by atoms with Gasteiger partial charge in [0.15, 0.2) is 0 Å². The third kappa shape index (κ3) is 4.80. The molecule has 0 aliphatic heterocycles. The number of nitrogens with two attached hydrogens (primary N) is 1. The summed E-state index contributed by atoms with van der Waals surface area (Å²) in [6.07, 6.45) is -0.361. The number of carbonyl (C=O) groups excluding carboxylic acids is 2. The lowest BCUT2D eigenvalue weighted by Gasteiger charge is -2.31. The summed E-state index contributed by atoms with van der Waals surface area (Å²) in [7, 11) is 0. The van der Waals surface area contributed by atoms with Gasteiger partial charge >= 0.3 is 12.1 Å². The van der Waals surface area contributed by atoms with Crippen LogP contribution < -0.4 is 5.84 Å². The zero-order chi connectivity index (χ0) is 16.6. The van der Waals surface area contributed by atoms with Gasteiger partial charge in [0.2, 0.25) is 0 Å². The third-order valence-corrected chi connectivity index (χ3v) is 2.87. The lowest BCUT2D eigenvalue weighted by molar-refractivity contribution is -0.344. The van der Waals surface area contributed by atoms with Gasteiger partial charge in [-0.2, -0.15) is 0 Å². The minimum absolute atomic E-state index is 0.282. The molecule has 0 bridgehead atoms. The minimum atomic E-state index is -1.55. The molecule has 0 aliphatic carbocycles. The molecule has 7 nitrogen and oxygen atoms in total. The smallest absolute Gasteiger partial charge is 0.390 e. The first-order valence-electron chi connectivity index (χ1n) is 7.02. The summed E-state index contributed by atoms with van der Waals surface area (Å²) in [6, 6.07) is 7.71. The molecule has 1 aromatic rings. The van der Waals surface area contributed by atoms with E-state index < -0.39 is 18.1 Å². The lowest BCUT2D eigenvalue weighted by Crippen LogP contribution is -2.47. The molecule has 0 fully saturated rings. The number of carbonyl (C=O) groups is 2. The predicted molar refractivity (Wildman–Crippen MR) is 79.4 cm³/mol. The maximum atomic E-state index is 12.1. The van der Waals surface area contributed by atoms with Crippen molar-refractivity contribution in [2.45, 2.75) is 32.8 Å². The number of hydrogen-bond acceptors (Lipinski definition) is 6. The molecule has 0 aliphatic rings. The second-order valence-electron chi connectivity index (χ2n) is 4.50. The first-order chi connectivity index (χ1) is 10.5. The van der Waals surface area contributed by atoms with Crippen molar-refractivity contribution in [3.05, 3.63) is 35.9 Å². The molecule has 1 unspecified atom stereocenters. The number of rotatable bonds is 8. The van der Waals surface area contributed by atoms with Crippen molar-refractivity contribution in [1.29, 1.82) is 0 Å². The van der Waals surface area contributed by atoms with E-state index >= 15 is 0 Å². The molecule has 22 heavy (non-hydrogen) atoms. The molecule has 2 N–H and O–H groups in total.